The van der Waals surface area contributed by atoms with Crippen LogP contribution >= 0.6 is 0 Å². The molecule has 2 rings (SSSR count). The van der Waals surface area contributed by atoms with Gasteiger partial charge >= 0.3 is 5.97 Å². The third kappa shape index (κ3) is 1.24. The zero-order valence-corrected chi connectivity index (χ0v) is 6.57. The zero-order chi connectivity index (χ0) is 9.42. The molecule has 0 saturated carbocycles. The van der Waals surface area contributed by atoms with E-state index in [0.29, 0.717) is 11.4 Å². The van der Waals surface area contributed by atoms with Gasteiger partial charge in [-0.25, -0.2) is 4.79 Å². The van der Waals surface area contributed by atoms with Crippen molar-refractivity contribution < 1.29 is 14.7 Å². The first kappa shape index (κ1) is 7.72. The molecular formula is C8H6N2O3. The molecule has 0 unspecified atom stereocenters. The molecule has 0 aliphatic carbocycles. The molecule has 1 aliphatic rings. The van der Waals surface area contributed by atoms with E-state index in [1.807, 2.05) is 0 Å². The van der Waals surface area contributed by atoms with Crippen molar-refractivity contribution in [3.63, 3.8) is 0 Å². The van der Waals surface area contributed by atoms with Gasteiger partial charge in [-0.3, -0.25) is 9.78 Å². The lowest BCUT2D eigenvalue weighted by Gasteiger charge is -1.98. The normalized spacial score (nSPS) is 13.7. The van der Waals surface area contributed by atoms with Crippen molar-refractivity contribution in [2.24, 2.45) is 0 Å². The summed E-state index contributed by atoms with van der Waals surface area (Å²) in [5, 5.41) is 11.2. The van der Waals surface area contributed by atoms with Gasteiger partial charge in [-0.15, -0.1) is 0 Å². The molecule has 0 radical (unpaired) electrons. The first-order chi connectivity index (χ1) is 6.16. The van der Waals surface area contributed by atoms with Crippen molar-refractivity contribution in [3.05, 3.63) is 23.5 Å². The van der Waals surface area contributed by atoms with Gasteiger partial charge < -0.3 is 10.4 Å². The average Bonchev–Trinajstić information content (AvgIpc) is 2.42. The van der Waals surface area contributed by atoms with E-state index < -0.39 is 5.97 Å². The highest BCUT2D eigenvalue weighted by Crippen LogP contribution is 2.21. The average molecular weight is 178 g/mol. The van der Waals surface area contributed by atoms with E-state index in [4.69, 9.17) is 5.11 Å². The molecule has 1 aromatic heterocycles. The molecule has 0 saturated heterocycles. The first-order valence-electron chi connectivity index (χ1n) is 3.69. The lowest BCUT2D eigenvalue weighted by molar-refractivity contribution is -0.115. The van der Waals surface area contributed by atoms with Crippen LogP contribution in [0.25, 0.3) is 0 Å². The Morgan fingerprint density at radius 2 is 2.38 bits per heavy atom. The highest BCUT2D eigenvalue weighted by atomic mass is 16.4. The summed E-state index contributed by atoms with van der Waals surface area (Å²) in [4.78, 5) is 25.3. The van der Waals surface area contributed by atoms with Crippen molar-refractivity contribution in [1.82, 2.24) is 4.98 Å². The van der Waals surface area contributed by atoms with Crippen molar-refractivity contribution in [1.29, 1.82) is 0 Å². The Labute approximate surface area is 73.4 Å². The molecule has 5 heteroatoms. The third-order valence-electron chi connectivity index (χ3n) is 1.82. The van der Waals surface area contributed by atoms with Gasteiger partial charge in [0.05, 0.1) is 23.4 Å². The molecule has 1 aromatic rings. The smallest absolute Gasteiger partial charge is 0.337 e. The van der Waals surface area contributed by atoms with Crippen LogP contribution in [0.4, 0.5) is 5.69 Å². The molecule has 0 atom stereocenters. The number of carboxylic acid groups (broad SMARTS) is 1. The molecule has 1 amide bonds. The Balaban J connectivity index is 2.45. The summed E-state index contributed by atoms with van der Waals surface area (Å²) < 4.78 is 0. The van der Waals surface area contributed by atoms with Gasteiger partial charge in [0.2, 0.25) is 5.91 Å². The van der Waals surface area contributed by atoms with Crippen molar-refractivity contribution in [3.8, 4) is 0 Å². The van der Waals surface area contributed by atoms with Gasteiger partial charge in [-0.2, -0.15) is 0 Å². The van der Waals surface area contributed by atoms with Crippen LogP contribution in [0.1, 0.15) is 16.1 Å². The first-order valence-corrected chi connectivity index (χ1v) is 3.69. The molecule has 1 aliphatic heterocycles. The highest BCUT2D eigenvalue weighted by Gasteiger charge is 2.20. The lowest BCUT2D eigenvalue weighted by Crippen LogP contribution is -2.04. The number of carbonyl (C=O) groups is 2. The number of aromatic nitrogens is 1. The summed E-state index contributed by atoms with van der Waals surface area (Å²) in [6.45, 7) is 0. The van der Waals surface area contributed by atoms with E-state index in [0.717, 1.165) is 0 Å². The van der Waals surface area contributed by atoms with Gasteiger partial charge in [0.15, 0.2) is 0 Å². The molecule has 66 valence electrons. The Hall–Kier alpha value is -1.91. The van der Waals surface area contributed by atoms with Crippen LogP contribution < -0.4 is 5.32 Å². The maximum absolute atomic E-state index is 10.9. The molecule has 0 spiro atoms. The molecule has 0 aromatic carbocycles. The van der Waals surface area contributed by atoms with E-state index in [9.17, 15) is 9.59 Å². The Morgan fingerprint density at radius 3 is 3.08 bits per heavy atom. The molecule has 0 fully saturated rings. The lowest BCUT2D eigenvalue weighted by atomic mass is 10.2. The third-order valence-corrected chi connectivity index (χ3v) is 1.82. The predicted molar refractivity (Wildman–Crippen MR) is 43.5 cm³/mol. The van der Waals surface area contributed by atoms with Crippen LogP contribution in [-0.4, -0.2) is 22.0 Å². The SMILES string of the molecule is O=C1Cc2ncc(C(=O)O)cc2N1. The molecule has 2 N–H and O–H groups in total. The number of fused-ring (bicyclic) bond motifs is 1. The summed E-state index contributed by atoms with van der Waals surface area (Å²) in [7, 11) is 0. The van der Waals surface area contributed by atoms with Crippen LogP contribution in [0.3, 0.4) is 0 Å². The topological polar surface area (TPSA) is 79.3 Å². The van der Waals surface area contributed by atoms with E-state index in [2.05, 4.69) is 10.3 Å². The summed E-state index contributed by atoms with van der Waals surface area (Å²) >= 11 is 0. The Kier molecular flexibility index (Phi) is 1.51. The van der Waals surface area contributed by atoms with E-state index in [-0.39, 0.29) is 17.9 Å². The van der Waals surface area contributed by atoms with Crippen LogP contribution in [0.5, 0.6) is 0 Å². The number of hydrogen-bond donors (Lipinski definition) is 2. The predicted octanol–water partition coefficient (Wildman–Crippen LogP) is 0.274. The fourth-order valence-corrected chi connectivity index (χ4v) is 1.21. The number of aromatic carboxylic acids is 1. The van der Waals surface area contributed by atoms with Gasteiger partial charge in [0, 0.05) is 6.20 Å². The van der Waals surface area contributed by atoms with Crippen LogP contribution in [0, 0.1) is 0 Å². The second kappa shape index (κ2) is 2.55. The quantitative estimate of drug-likeness (QED) is 0.647. The number of pyridine rings is 1. The monoisotopic (exact) mass is 178 g/mol. The Bertz CT molecular complexity index is 400. The molecule has 13 heavy (non-hydrogen) atoms. The fraction of sp³-hybridized carbons (Fsp3) is 0.125. The number of nitrogens with zero attached hydrogens (tertiary/aromatic N) is 1. The molecule has 2 heterocycles. The van der Waals surface area contributed by atoms with Crippen molar-refractivity contribution in [2.45, 2.75) is 6.42 Å². The van der Waals surface area contributed by atoms with Crippen LogP contribution in [-0.2, 0) is 11.2 Å². The minimum Gasteiger partial charge on any atom is -0.478 e. The van der Waals surface area contributed by atoms with Crippen LogP contribution in [0.2, 0.25) is 0 Å². The van der Waals surface area contributed by atoms with Crippen LogP contribution in [0.15, 0.2) is 12.3 Å². The molecular weight excluding hydrogens is 172 g/mol. The number of carbonyl (C=O) groups excluding carboxylic acids is 1. The summed E-state index contributed by atoms with van der Waals surface area (Å²) in [5.74, 6) is -1.19. The summed E-state index contributed by atoms with van der Waals surface area (Å²) in [6.07, 6.45) is 1.48. The minimum absolute atomic E-state index is 0.0842. The number of carboxylic acids is 1. The molecule has 0 bridgehead atoms. The number of rotatable bonds is 1. The van der Waals surface area contributed by atoms with E-state index >= 15 is 0 Å². The zero-order valence-electron chi connectivity index (χ0n) is 6.57. The van der Waals surface area contributed by atoms with Gasteiger partial charge in [-0.05, 0) is 6.07 Å². The van der Waals surface area contributed by atoms with E-state index in [1.54, 1.807) is 0 Å². The van der Waals surface area contributed by atoms with Gasteiger partial charge in [0.1, 0.15) is 0 Å². The number of amides is 1. The number of hydrogen-bond acceptors (Lipinski definition) is 3. The maximum Gasteiger partial charge on any atom is 0.337 e. The standard InChI is InChI=1S/C8H6N2O3/c11-7-2-5-6(10-7)1-4(3-9-5)8(12)13/h1,3H,2H2,(H,10,11)(H,12,13). The largest absolute Gasteiger partial charge is 0.478 e. The fourth-order valence-electron chi connectivity index (χ4n) is 1.21. The second-order valence-electron chi connectivity index (χ2n) is 2.75. The van der Waals surface area contributed by atoms with Crippen molar-refractivity contribution in [2.75, 3.05) is 5.32 Å². The summed E-state index contributed by atoms with van der Waals surface area (Å²) in [6, 6.07) is 1.41. The second-order valence-corrected chi connectivity index (χ2v) is 2.75. The van der Waals surface area contributed by atoms with Crippen molar-refractivity contribution >= 4 is 17.6 Å². The Morgan fingerprint density at radius 1 is 1.62 bits per heavy atom. The summed E-state index contributed by atoms with van der Waals surface area (Å²) in [5.41, 5.74) is 1.20. The van der Waals surface area contributed by atoms with Gasteiger partial charge in [-0.1, -0.05) is 0 Å². The number of nitrogens with one attached hydrogen (secondary N) is 1. The minimum atomic E-state index is -1.04. The highest BCUT2D eigenvalue weighted by molar-refractivity contribution is 6.00. The molecule has 5 nitrogen and oxygen atoms in total. The number of anilines is 1. The maximum atomic E-state index is 10.9. The van der Waals surface area contributed by atoms with E-state index in [1.165, 1.54) is 12.3 Å². The van der Waals surface area contributed by atoms with Gasteiger partial charge in [0.25, 0.3) is 0 Å².